The topological polar surface area (TPSA) is 112 Å². The zero-order chi connectivity index (χ0) is 23.4. The van der Waals surface area contributed by atoms with Crippen molar-refractivity contribution in [2.45, 2.75) is 62.8 Å². The highest BCUT2D eigenvalue weighted by atomic mass is 19.4. The van der Waals surface area contributed by atoms with Crippen LogP contribution in [0.1, 0.15) is 60.3 Å². The number of fused-ring (bicyclic) bond motifs is 1. The molecule has 0 saturated heterocycles. The van der Waals surface area contributed by atoms with Crippen molar-refractivity contribution in [2.75, 3.05) is 0 Å². The number of hydrogen-bond acceptors (Lipinski definition) is 6. The predicted octanol–water partition coefficient (Wildman–Crippen LogP) is 3.44. The molecule has 2 heterocycles. The lowest BCUT2D eigenvalue weighted by Crippen LogP contribution is -2.63. The van der Waals surface area contributed by atoms with E-state index in [4.69, 9.17) is 0 Å². The third-order valence-electron chi connectivity index (χ3n) is 6.61. The molecule has 2 aromatic rings. The largest absolute Gasteiger partial charge is 0.471 e. The van der Waals surface area contributed by atoms with Gasteiger partial charge < -0.3 is 14.7 Å². The Bertz CT molecular complexity index is 1170. The minimum atomic E-state index is -4.76. The Kier molecular flexibility index (Phi) is 4.92. The molecule has 0 spiro atoms. The lowest BCUT2D eigenvalue weighted by molar-refractivity contribution is -0.159. The van der Waals surface area contributed by atoms with E-state index >= 15 is 0 Å². The molecule has 172 valence electrons. The molecule has 2 fully saturated rings. The van der Waals surface area contributed by atoms with E-state index in [0.717, 1.165) is 25.7 Å². The van der Waals surface area contributed by atoms with Crippen LogP contribution in [0.25, 0.3) is 11.4 Å². The summed E-state index contributed by atoms with van der Waals surface area (Å²) in [5.74, 6) is -2.27. The highest BCUT2D eigenvalue weighted by molar-refractivity contribution is 5.99. The second-order valence-electron chi connectivity index (χ2n) is 8.83. The maximum absolute atomic E-state index is 13.3. The molecule has 2 saturated carbocycles. The van der Waals surface area contributed by atoms with Crippen molar-refractivity contribution in [1.29, 1.82) is 5.26 Å². The number of halogens is 3. The summed E-state index contributed by atoms with van der Waals surface area (Å²) in [4.78, 5) is 30.8. The molecule has 1 aliphatic heterocycles. The Labute approximate surface area is 186 Å². The zero-order valence-electron chi connectivity index (χ0n) is 17.5. The molecule has 2 atom stereocenters. The highest BCUT2D eigenvalue weighted by Gasteiger charge is 2.50. The van der Waals surface area contributed by atoms with E-state index in [0.29, 0.717) is 24.0 Å². The van der Waals surface area contributed by atoms with Crippen LogP contribution in [-0.4, -0.2) is 38.4 Å². The number of hydrogen-bond donors (Lipinski definition) is 1. The summed E-state index contributed by atoms with van der Waals surface area (Å²) in [5.41, 5.74) is 0.0692. The molecule has 0 unspecified atom stereocenters. The van der Waals surface area contributed by atoms with E-state index in [-0.39, 0.29) is 35.7 Å². The van der Waals surface area contributed by atoms with Gasteiger partial charge in [0.05, 0.1) is 12.1 Å². The van der Waals surface area contributed by atoms with Gasteiger partial charge in [-0.15, -0.1) is 0 Å². The molecule has 8 nitrogen and oxygen atoms in total. The van der Waals surface area contributed by atoms with Gasteiger partial charge in [-0.3, -0.25) is 9.59 Å². The van der Waals surface area contributed by atoms with E-state index in [1.807, 2.05) is 0 Å². The first-order valence-corrected chi connectivity index (χ1v) is 10.8. The summed E-state index contributed by atoms with van der Waals surface area (Å²) in [6.07, 6.45) is -0.523. The first-order chi connectivity index (χ1) is 15.7. The van der Waals surface area contributed by atoms with E-state index in [2.05, 4.69) is 26.0 Å². The molecule has 2 aliphatic carbocycles. The summed E-state index contributed by atoms with van der Waals surface area (Å²) in [5, 5.41) is 16.4. The molecular formula is C22H20F3N5O3. The van der Waals surface area contributed by atoms with Crippen LogP contribution in [0.4, 0.5) is 13.2 Å². The van der Waals surface area contributed by atoms with E-state index < -0.39 is 23.6 Å². The fourth-order valence-corrected chi connectivity index (χ4v) is 4.72. The SMILES string of the molecule is N#C[C@@]1(NC(=O)C2CC2)CCCC[C@H]1N1Cc2ccc(-c3noc(C(F)(F)F)n3)cc2C1=O. The van der Waals surface area contributed by atoms with Crippen LogP contribution < -0.4 is 5.32 Å². The molecule has 5 rings (SSSR count). The van der Waals surface area contributed by atoms with Crippen molar-refractivity contribution < 1.29 is 27.3 Å². The van der Waals surface area contributed by atoms with Crippen molar-refractivity contribution >= 4 is 11.8 Å². The van der Waals surface area contributed by atoms with Gasteiger partial charge in [-0.05, 0) is 43.7 Å². The number of amides is 2. The standard InChI is InChI=1S/C22H20F3N5O3/c23-22(24,25)20-27-17(29-33-20)13-6-7-14-10-30(19(32)15(14)9-13)16-3-1-2-8-21(16,11-26)28-18(31)12-4-5-12/h6-7,9,12,16H,1-5,8,10H2,(H,28,31)/t16-,21+/m1/s1. The Morgan fingerprint density at radius 1 is 1.27 bits per heavy atom. The van der Waals surface area contributed by atoms with Gasteiger partial charge in [-0.2, -0.15) is 23.4 Å². The first-order valence-electron chi connectivity index (χ1n) is 10.8. The Hall–Kier alpha value is -3.42. The molecule has 3 aliphatic rings. The summed E-state index contributed by atoms with van der Waals surface area (Å²) in [6.45, 7) is 0.252. The number of carbonyl (C=O) groups is 2. The zero-order valence-corrected chi connectivity index (χ0v) is 17.5. The lowest BCUT2D eigenvalue weighted by Gasteiger charge is -2.44. The third kappa shape index (κ3) is 3.73. The molecule has 1 aromatic carbocycles. The minimum Gasteiger partial charge on any atom is -0.336 e. The van der Waals surface area contributed by atoms with Crippen LogP contribution in [-0.2, 0) is 17.5 Å². The highest BCUT2D eigenvalue weighted by Crippen LogP contribution is 2.39. The van der Waals surface area contributed by atoms with Crippen LogP contribution in [0.3, 0.4) is 0 Å². The number of nitriles is 1. The third-order valence-corrected chi connectivity index (χ3v) is 6.61. The average molecular weight is 459 g/mol. The van der Waals surface area contributed by atoms with Crippen molar-refractivity contribution in [3.63, 3.8) is 0 Å². The van der Waals surface area contributed by atoms with E-state index in [9.17, 15) is 28.0 Å². The molecule has 1 aromatic heterocycles. The predicted molar refractivity (Wildman–Crippen MR) is 106 cm³/mol. The quantitative estimate of drug-likeness (QED) is 0.750. The molecule has 2 amide bonds. The molecular weight excluding hydrogens is 439 g/mol. The Morgan fingerprint density at radius 3 is 2.73 bits per heavy atom. The van der Waals surface area contributed by atoms with Gasteiger partial charge in [0.2, 0.25) is 11.7 Å². The normalized spacial score (nSPS) is 25.0. The fraction of sp³-hybridized carbons (Fsp3) is 0.500. The molecule has 11 heteroatoms. The monoisotopic (exact) mass is 459 g/mol. The second kappa shape index (κ2) is 7.57. The smallest absolute Gasteiger partial charge is 0.336 e. The van der Waals surface area contributed by atoms with Crippen LogP contribution in [0.15, 0.2) is 22.7 Å². The van der Waals surface area contributed by atoms with Crippen molar-refractivity contribution in [2.24, 2.45) is 5.92 Å². The van der Waals surface area contributed by atoms with Gasteiger partial charge in [0, 0.05) is 23.6 Å². The Morgan fingerprint density at radius 2 is 2.06 bits per heavy atom. The van der Waals surface area contributed by atoms with E-state index in [1.165, 1.54) is 12.1 Å². The van der Waals surface area contributed by atoms with Crippen LogP contribution in [0, 0.1) is 17.2 Å². The van der Waals surface area contributed by atoms with Crippen molar-refractivity contribution in [3.8, 4) is 17.5 Å². The lowest BCUT2D eigenvalue weighted by atomic mass is 9.77. The Balaban J connectivity index is 1.42. The fourth-order valence-electron chi connectivity index (χ4n) is 4.72. The van der Waals surface area contributed by atoms with Gasteiger partial charge >= 0.3 is 12.1 Å². The maximum atomic E-state index is 13.3. The van der Waals surface area contributed by atoms with Crippen molar-refractivity contribution in [1.82, 2.24) is 20.4 Å². The molecule has 33 heavy (non-hydrogen) atoms. The van der Waals surface area contributed by atoms with Gasteiger partial charge in [-0.25, -0.2) is 0 Å². The summed E-state index contributed by atoms with van der Waals surface area (Å²) in [6, 6.07) is 6.43. The summed E-state index contributed by atoms with van der Waals surface area (Å²) >= 11 is 0. The van der Waals surface area contributed by atoms with Gasteiger partial charge in [0.25, 0.3) is 5.91 Å². The number of benzene rings is 1. The maximum Gasteiger partial charge on any atom is 0.471 e. The van der Waals surface area contributed by atoms with Gasteiger partial charge in [0.1, 0.15) is 5.54 Å². The molecule has 1 N–H and O–H groups in total. The minimum absolute atomic E-state index is 0.0663. The average Bonchev–Trinajstić information content (AvgIpc) is 3.43. The van der Waals surface area contributed by atoms with Crippen LogP contribution >= 0.6 is 0 Å². The number of nitrogens with zero attached hydrogens (tertiary/aromatic N) is 4. The number of nitrogens with one attached hydrogen (secondary N) is 1. The summed E-state index contributed by atoms with van der Waals surface area (Å²) < 4.78 is 42.7. The first kappa shape index (κ1) is 21.4. The van der Waals surface area contributed by atoms with Gasteiger partial charge in [-0.1, -0.05) is 23.7 Å². The van der Waals surface area contributed by atoms with Gasteiger partial charge in [0.15, 0.2) is 0 Å². The van der Waals surface area contributed by atoms with Crippen molar-refractivity contribution in [3.05, 3.63) is 35.2 Å². The van der Waals surface area contributed by atoms with Crippen LogP contribution in [0.2, 0.25) is 0 Å². The van der Waals surface area contributed by atoms with E-state index in [1.54, 1.807) is 11.0 Å². The molecule has 0 radical (unpaired) electrons. The number of rotatable bonds is 4. The number of alkyl halides is 3. The molecule has 0 bridgehead atoms. The summed E-state index contributed by atoms with van der Waals surface area (Å²) in [7, 11) is 0. The number of aromatic nitrogens is 2. The second-order valence-corrected chi connectivity index (χ2v) is 8.83. The number of carbonyl (C=O) groups excluding carboxylic acids is 2. The van der Waals surface area contributed by atoms with Crippen LogP contribution in [0.5, 0.6) is 0 Å².